The Morgan fingerprint density at radius 1 is 1.05 bits per heavy atom. The zero-order chi connectivity index (χ0) is 13.9. The molecular formula is C16H20ClN3. The van der Waals surface area contributed by atoms with Gasteiger partial charge in [-0.1, -0.05) is 49.4 Å². The van der Waals surface area contributed by atoms with E-state index in [2.05, 4.69) is 4.68 Å². The van der Waals surface area contributed by atoms with Crippen molar-refractivity contribution in [3.05, 3.63) is 35.5 Å². The van der Waals surface area contributed by atoms with E-state index in [0.29, 0.717) is 6.04 Å². The van der Waals surface area contributed by atoms with Crippen molar-refractivity contribution in [1.82, 2.24) is 9.78 Å². The fraction of sp³-hybridized carbons (Fsp3) is 0.438. The van der Waals surface area contributed by atoms with Crippen LogP contribution in [-0.2, 0) is 0 Å². The fourth-order valence-electron chi connectivity index (χ4n) is 2.95. The van der Waals surface area contributed by atoms with Gasteiger partial charge in [0, 0.05) is 16.8 Å². The van der Waals surface area contributed by atoms with Gasteiger partial charge in [0.1, 0.15) is 5.69 Å². The third kappa shape index (κ3) is 2.83. The Labute approximate surface area is 124 Å². The van der Waals surface area contributed by atoms with Crippen LogP contribution in [0.3, 0.4) is 0 Å². The summed E-state index contributed by atoms with van der Waals surface area (Å²) in [5.74, 6) is 0. The predicted octanol–water partition coefficient (Wildman–Crippen LogP) is 4.68. The number of hydrogen-bond donors (Lipinski definition) is 1. The number of halogens is 1. The van der Waals surface area contributed by atoms with E-state index in [1.807, 2.05) is 30.5 Å². The molecule has 0 amide bonds. The first kappa shape index (κ1) is 13.5. The number of nitrogen functional groups attached to an aromatic ring is 1. The van der Waals surface area contributed by atoms with Crippen molar-refractivity contribution in [3.8, 4) is 11.3 Å². The first-order valence-electron chi connectivity index (χ1n) is 7.34. The van der Waals surface area contributed by atoms with E-state index in [1.165, 1.54) is 38.5 Å². The van der Waals surface area contributed by atoms with E-state index < -0.39 is 0 Å². The number of rotatable bonds is 2. The van der Waals surface area contributed by atoms with E-state index >= 15 is 0 Å². The molecule has 0 saturated heterocycles. The summed E-state index contributed by atoms with van der Waals surface area (Å²) in [7, 11) is 0. The summed E-state index contributed by atoms with van der Waals surface area (Å²) < 4.78 is 2.07. The largest absolute Gasteiger partial charge is 0.396 e. The molecule has 0 unspecified atom stereocenters. The summed E-state index contributed by atoms with van der Waals surface area (Å²) in [4.78, 5) is 0. The van der Waals surface area contributed by atoms with Crippen LogP contribution in [0.5, 0.6) is 0 Å². The predicted molar refractivity (Wildman–Crippen MR) is 83.8 cm³/mol. The molecule has 2 N–H and O–H groups in total. The third-order valence-electron chi connectivity index (χ3n) is 4.08. The van der Waals surface area contributed by atoms with Crippen molar-refractivity contribution in [1.29, 1.82) is 0 Å². The Morgan fingerprint density at radius 3 is 2.35 bits per heavy atom. The van der Waals surface area contributed by atoms with Gasteiger partial charge in [0.2, 0.25) is 0 Å². The van der Waals surface area contributed by atoms with Crippen LogP contribution >= 0.6 is 11.6 Å². The Hall–Kier alpha value is -1.48. The molecule has 0 spiro atoms. The Morgan fingerprint density at radius 2 is 1.70 bits per heavy atom. The molecular weight excluding hydrogens is 270 g/mol. The number of nitrogens with two attached hydrogens (primary N) is 1. The Bertz CT molecular complexity index is 566. The van der Waals surface area contributed by atoms with Crippen molar-refractivity contribution < 1.29 is 0 Å². The zero-order valence-electron chi connectivity index (χ0n) is 11.6. The second-order valence-corrected chi connectivity index (χ2v) is 6.00. The monoisotopic (exact) mass is 289 g/mol. The molecule has 1 saturated carbocycles. The lowest BCUT2D eigenvalue weighted by Gasteiger charge is -2.14. The van der Waals surface area contributed by atoms with Gasteiger partial charge in [-0.05, 0) is 25.0 Å². The first-order chi connectivity index (χ1) is 9.74. The smallest absolute Gasteiger partial charge is 0.115 e. The van der Waals surface area contributed by atoms with Crippen LogP contribution in [0.4, 0.5) is 5.69 Å². The normalized spacial score (nSPS) is 17.1. The van der Waals surface area contributed by atoms with Gasteiger partial charge in [0.05, 0.1) is 11.7 Å². The second-order valence-electron chi connectivity index (χ2n) is 5.57. The number of nitrogens with zero attached hydrogens (tertiary/aromatic N) is 2. The van der Waals surface area contributed by atoms with Crippen LogP contribution in [0.1, 0.15) is 44.6 Å². The highest BCUT2D eigenvalue weighted by molar-refractivity contribution is 6.30. The van der Waals surface area contributed by atoms with E-state index in [0.717, 1.165) is 22.0 Å². The van der Waals surface area contributed by atoms with Gasteiger partial charge in [-0.3, -0.25) is 4.68 Å². The van der Waals surface area contributed by atoms with Crippen molar-refractivity contribution in [2.24, 2.45) is 0 Å². The standard InChI is InChI=1S/C16H20ClN3/c17-13-9-7-12(8-10-13)16-15(18)11-20(19-16)14-5-3-1-2-4-6-14/h7-11,14H,1-6,18H2. The molecule has 0 bridgehead atoms. The highest BCUT2D eigenvalue weighted by atomic mass is 35.5. The maximum Gasteiger partial charge on any atom is 0.115 e. The van der Waals surface area contributed by atoms with E-state index in [4.69, 9.17) is 22.4 Å². The zero-order valence-corrected chi connectivity index (χ0v) is 12.3. The third-order valence-corrected chi connectivity index (χ3v) is 4.33. The minimum Gasteiger partial charge on any atom is -0.396 e. The molecule has 2 aromatic rings. The molecule has 1 aromatic carbocycles. The summed E-state index contributed by atoms with van der Waals surface area (Å²) in [5.41, 5.74) is 8.78. The number of hydrogen-bond acceptors (Lipinski definition) is 2. The molecule has 3 nitrogen and oxygen atoms in total. The van der Waals surface area contributed by atoms with Gasteiger partial charge in [0.15, 0.2) is 0 Å². The average Bonchev–Trinajstić information content (AvgIpc) is 2.66. The second kappa shape index (κ2) is 5.88. The summed E-state index contributed by atoms with van der Waals surface area (Å²) in [6.07, 6.45) is 9.68. The maximum absolute atomic E-state index is 6.14. The molecule has 106 valence electrons. The molecule has 20 heavy (non-hydrogen) atoms. The lowest BCUT2D eigenvalue weighted by Crippen LogP contribution is -2.08. The van der Waals surface area contributed by atoms with E-state index in [9.17, 15) is 0 Å². The van der Waals surface area contributed by atoms with Crippen molar-refractivity contribution >= 4 is 17.3 Å². The van der Waals surface area contributed by atoms with Crippen LogP contribution in [-0.4, -0.2) is 9.78 Å². The molecule has 3 rings (SSSR count). The number of anilines is 1. The molecule has 0 radical (unpaired) electrons. The van der Waals surface area contributed by atoms with Gasteiger partial charge >= 0.3 is 0 Å². The molecule has 1 aliphatic rings. The molecule has 4 heteroatoms. The quantitative estimate of drug-likeness (QED) is 0.816. The Balaban J connectivity index is 1.88. The van der Waals surface area contributed by atoms with Gasteiger partial charge < -0.3 is 5.73 Å². The average molecular weight is 290 g/mol. The summed E-state index contributed by atoms with van der Waals surface area (Å²) in [5, 5.41) is 5.46. The van der Waals surface area contributed by atoms with E-state index in [-0.39, 0.29) is 0 Å². The molecule has 0 aliphatic heterocycles. The van der Waals surface area contributed by atoms with Gasteiger partial charge in [-0.2, -0.15) is 5.10 Å². The maximum atomic E-state index is 6.14. The summed E-state index contributed by atoms with van der Waals surface area (Å²) in [6, 6.07) is 8.19. The van der Waals surface area contributed by atoms with Gasteiger partial charge in [-0.25, -0.2) is 0 Å². The molecule has 0 atom stereocenters. The van der Waals surface area contributed by atoms with E-state index in [1.54, 1.807) is 0 Å². The minimum atomic E-state index is 0.501. The number of benzene rings is 1. The molecule has 1 fully saturated rings. The molecule has 1 heterocycles. The topological polar surface area (TPSA) is 43.8 Å². The molecule has 1 aliphatic carbocycles. The lowest BCUT2D eigenvalue weighted by molar-refractivity contribution is 0.406. The van der Waals surface area contributed by atoms with Crippen LogP contribution in [0.25, 0.3) is 11.3 Å². The lowest BCUT2D eigenvalue weighted by atomic mass is 10.1. The van der Waals surface area contributed by atoms with Crippen molar-refractivity contribution in [2.75, 3.05) is 5.73 Å². The molecule has 1 aromatic heterocycles. The van der Waals surface area contributed by atoms with Gasteiger partial charge in [-0.15, -0.1) is 0 Å². The Kier molecular flexibility index (Phi) is 3.97. The van der Waals surface area contributed by atoms with Crippen LogP contribution in [0.15, 0.2) is 30.5 Å². The number of aromatic nitrogens is 2. The SMILES string of the molecule is Nc1cn(C2CCCCCC2)nc1-c1ccc(Cl)cc1. The first-order valence-corrected chi connectivity index (χ1v) is 7.72. The van der Waals surface area contributed by atoms with Crippen molar-refractivity contribution in [3.63, 3.8) is 0 Å². The van der Waals surface area contributed by atoms with Crippen LogP contribution in [0, 0.1) is 0 Å². The minimum absolute atomic E-state index is 0.501. The summed E-state index contributed by atoms with van der Waals surface area (Å²) >= 11 is 5.93. The fourth-order valence-corrected chi connectivity index (χ4v) is 3.07. The van der Waals surface area contributed by atoms with Crippen molar-refractivity contribution in [2.45, 2.75) is 44.6 Å². The highest BCUT2D eigenvalue weighted by Gasteiger charge is 2.17. The van der Waals surface area contributed by atoms with Gasteiger partial charge in [0.25, 0.3) is 0 Å². The van der Waals surface area contributed by atoms with Crippen LogP contribution in [0.2, 0.25) is 5.02 Å². The highest BCUT2D eigenvalue weighted by Crippen LogP contribution is 2.31. The summed E-state index contributed by atoms with van der Waals surface area (Å²) in [6.45, 7) is 0. The van der Waals surface area contributed by atoms with Crippen LogP contribution < -0.4 is 5.73 Å².